The van der Waals surface area contributed by atoms with Gasteiger partial charge in [0.25, 0.3) is 5.91 Å². The van der Waals surface area contributed by atoms with Crippen molar-refractivity contribution in [1.82, 2.24) is 20.0 Å². The van der Waals surface area contributed by atoms with E-state index < -0.39 is 0 Å². The van der Waals surface area contributed by atoms with E-state index in [0.29, 0.717) is 18.5 Å². The second-order valence-electron chi connectivity index (χ2n) is 5.93. The molecule has 0 radical (unpaired) electrons. The summed E-state index contributed by atoms with van der Waals surface area (Å²) in [6.07, 6.45) is 6.30. The smallest absolute Gasteiger partial charge is 0.254 e. The summed E-state index contributed by atoms with van der Waals surface area (Å²) in [5.74, 6) is 0.129. The lowest BCUT2D eigenvalue weighted by Crippen LogP contribution is -2.47. The molecule has 0 aromatic carbocycles. The molecule has 6 nitrogen and oxygen atoms in total. The van der Waals surface area contributed by atoms with Gasteiger partial charge >= 0.3 is 0 Å². The van der Waals surface area contributed by atoms with Crippen LogP contribution in [0, 0.1) is 0 Å². The number of nitrogens with zero attached hydrogens (tertiary/aromatic N) is 3. The Kier molecular flexibility index (Phi) is 3.94. The van der Waals surface area contributed by atoms with Crippen LogP contribution in [0.3, 0.4) is 0 Å². The highest BCUT2D eigenvalue weighted by atomic mass is 16.2. The molecule has 1 unspecified atom stereocenters. The Bertz CT molecular complexity index is 552. The van der Waals surface area contributed by atoms with Crippen molar-refractivity contribution in [2.24, 2.45) is 0 Å². The molecule has 21 heavy (non-hydrogen) atoms. The summed E-state index contributed by atoms with van der Waals surface area (Å²) in [7, 11) is 0. The molecule has 2 aliphatic heterocycles. The Balaban J connectivity index is 1.57. The number of aryl methyl sites for hydroxylation is 1. The maximum absolute atomic E-state index is 12.3. The molecule has 1 aromatic heterocycles. The molecule has 114 valence electrons. The van der Waals surface area contributed by atoms with Crippen LogP contribution in [-0.2, 0) is 17.8 Å². The van der Waals surface area contributed by atoms with Crippen molar-refractivity contribution in [2.45, 2.75) is 51.6 Å². The van der Waals surface area contributed by atoms with E-state index in [9.17, 15) is 9.59 Å². The first-order valence-corrected chi connectivity index (χ1v) is 7.79. The van der Waals surface area contributed by atoms with Crippen LogP contribution in [0.4, 0.5) is 0 Å². The van der Waals surface area contributed by atoms with Crippen LogP contribution in [0.5, 0.6) is 0 Å². The number of hydrogen-bond acceptors (Lipinski definition) is 3. The number of nitrogens with one attached hydrogen (secondary N) is 1. The van der Waals surface area contributed by atoms with Crippen LogP contribution in [0.1, 0.15) is 48.7 Å². The predicted octanol–water partition coefficient (Wildman–Crippen LogP) is 0.960. The molecule has 6 heteroatoms. The molecule has 3 heterocycles. The van der Waals surface area contributed by atoms with Gasteiger partial charge in [-0.2, -0.15) is 5.10 Å². The minimum atomic E-state index is -0.0746. The van der Waals surface area contributed by atoms with Gasteiger partial charge in [-0.15, -0.1) is 0 Å². The van der Waals surface area contributed by atoms with Gasteiger partial charge < -0.3 is 10.2 Å². The monoisotopic (exact) mass is 290 g/mol. The molecule has 1 saturated heterocycles. The average molecular weight is 290 g/mol. The van der Waals surface area contributed by atoms with Crippen molar-refractivity contribution in [3.8, 4) is 0 Å². The fourth-order valence-electron chi connectivity index (χ4n) is 3.19. The third kappa shape index (κ3) is 2.80. The van der Waals surface area contributed by atoms with Crippen molar-refractivity contribution in [1.29, 1.82) is 0 Å². The van der Waals surface area contributed by atoms with Crippen LogP contribution in [0.25, 0.3) is 0 Å². The maximum atomic E-state index is 12.3. The zero-order chi connectivity index (χ0) is 14.8. The Hall–Kier alpha value is -1.85. The van der Waals surface area contributed by atoms with Crippen LogP contribution < -0.4 is 5.32 Å². The Morgan fingerprint density at radius 3 is 3.00 bits per heavy atom. The lowest BCUT2D eigenvalue weighted by molar-refractivity contribution is -0.135. The van der Waals surface area contributed by atoms with E-state index in [1.165, 1.54) is 0 Å². The molecule has 0 spiro atoms. The Labute approximate surface area is 124 Å². The summed E-state index contributed by atoms with van der Waals surface area (Å²) in [5, 5.41) is 7.18. The molecular formula is C15H22N4O2. The number of rotatable bonds is 4. The van der Waals surface area contributed by atoms with E-state index in [0.717, 1.165) is 44.5 Å². The topological polar surface area (TPSA) is 67.2 Å². The molecule has 0 bridgehead atoms. The lowest BCUT2D eigenvalue weighted by atomic mass is 10.1. The summed E-state index contributed by atoms with van der Waals surface area (Å²) in [5.41, 5.74) is 1.72. The van der Waals surface area contributed by atoms with Gasteiger partial charge in [0.05, 0.1) is 17.5 Å². The minimum absolute atomic E-state index is 0.0466. The molecule has 0 saturated carbocycles. The summed E-state index contributed by atoms with van der Waals surface area (Å²) in [6.45, 7) is 4.20. The van der Waals surface area contributed by atoms with Crippen molar-refractivity contribution < 1.29 is 9.59 Å². The highest BCUT2D eigenvalue weighted by Crippen LogP contribution is 2.18. The van der Waals surface area contributed by atoms with E-state index >= 15 is 0 Å². The van der Waals surface area contributed by atoms with Crippen LogP contribution in [0.2, 0.25) is 0 Å². The maximum Gasteiger partial charge on any atom is 0.254 e. The average Bonchev–Trinajstić information content (AvgIpc) is 3.07. The van der Waals surface area contributed by atoms with E-state index in [-0.39, 0.29) is 17.9 Å². The van der Waals surface area contributed by atoms with Crippen LogP contribution in [-0.4, -0.2) is 45.6 Å². The predicted molar refractivity (Wildman–Crippen MR) is 77.9 cm³/mol. The Morgan fingerprint density at radius 2 is 2.19 bits per heavy atom. The summed E-state index contributed by atoms with van der Waals surface area (Å²) < 4.78 is 1.91. The number of hydrogen-bond donors (Lipinski definition) is 1. The summed E-state index contributed by atoms with van der Waals surface area (Å²) in [4.78, 5) is 26.0. The third-order valence-electron chi connectivity index (χ3n) is 4.43. The van der Waals surface area contributed by atoms with Gasteiger partial charge in [-0.1, -0.05) is 0 Å². The quantitative estimate of drug-likeness (QED) is 0.898. The fourth-order valence-corrected chi connectivity index (χ4v) is 3.19. The highest BCUT2D eigenvalue weighted by Gasteiger charge is 2.25. The van der Waals surface area contributed by atoms with E-state index in [4.69, 9.17) is 0 Å². The number of amides is 2. The number of piperidine rings is 1. The highest BCUT2D eigenvalue weighted by molar-refractivity contribution is 5.95. The van der Waals surface area contributed by atoms with Crippen molar-refractivity contribution in [2.75, 3.05) is 13.1 Å². The van der Waals surface area contributed by atoms with Gasteiger partial charge in [0.2, 0.25) is 5.91 Å². The second kappa shape index (κ2) is 5.87. The fraction of sp³-hybridized carbons (Fsp3) is 0.667. The zero-order valence-corrected chi connectivity index (χ0v) is 12.5. The third-order valence-corrected chi connectivity index (χ3v) is 4.43. The minimum Gasteiger partial charge on any atom is -0.350 e. The molecule has 2 aliphatic rings. The second-order valence-corrected chi connectivity index (χ2v) is 5.93. The summed E-state index contributed by atoms with van der Waals surface area (Å²) >= 11 is 0. The molecule has 1 atom stereocenters. The van der Waals surface area contributed by atoms with Crippen molar-refractivity contribution in [3.05, 3.63) is 17.5 Å². The van der Waals surface area contributed by atoms with Crippen molar-refractivity contribution >= 4 is 11.8 Å². The SMILES string of the molecule is CC(CNC(=O)c1cnn2c1CCC2)N1CCCCC1=O. The molecular weight excluding hydrogens is 268 g/mol. The molecule has 0 aliphatic carbocycles. The van der Waals surface area contributed by atoms with Gasteiger partial charge in [-0.05, 0) is 32.6 Å². The number of likely N-dealkylation sites (tertiary alicyclic amines) is 1. The first kappa shape index (κ1) is 14.1. The van der Waals surface area contributed by atoms with Gasteiger partial charge in [0, 0.05) is 32.1 Å². The molecule has 1 N–H and O–H groups in total. The van der Waals surface area contributed by atoms with Gasteiger partial charge in [-0.3, -0.25) is 14.3 Å². The van der Waals surface area contributed by atoms with Gasteiger partial charge in [-0.25, -0.2) is 0 Å². The van der Waals surface area contributed by atoms with Crippen LogP contribution >= 0.6 is 0 Å². The number of aromatic nitrogens is 2. The number of carbonyl (C=O) groups is 2. The molecule has 1 fully saturated rings. The number of carbonyl (C=O) groups excluding carboxylic acids is 2. The molecule has 1 aromatic rings. The zero-order valence-electron chi connectivity index (χ0n) is 12.5. The standard InChI is InChI=1S/C15H22N4O2/c1-11(18-7-3-2-6-14(18)20)9-16-15(21)12-10-17-19-8-4-5-13(12)19/h10-11H,2-9H2,1H3,(H,16,21). The first-order valence-electron chi connectivity index (χ1n) is 7.79. The van der Waals surface area contributed by atoms with Gasteiger partial charge in [0.1, 0.15) is 0 Å². The van der Waals surface area contributed by atoms with Gasteiger partial charge in [0.15, 0.2) is 0 Å². The van der Waals surface area contributed by atoms with E-state index in [1.807, 2.05) is 16.5 Å². The van der Waals surface area contributed by atoms with Crippen LogP contribution in [0.15, 0.2) is 6.20 Å². The van der Waals surface area contributed by atoms with E-state index in [1.54, 1.807) is 6.20 Å². The largest absolute Gasteiger partial charge is 0.350 e. The lowest BCUT2D eigenvalue weighted by Gasteiger charge is -2.32. The van der Waals surface area contributed by atoms with E-state index in [2.05, 4.69) is 10.4 Å². The Morgan fingerprint density at radius 1 is 1.33 bits per heavy atom. The van der Waals surface area contributed by atoms with Crippen molar-refractivity contribution in [3.63, 3.8) is 0 Å². The molecule has 3 rings (SSSR count). The summed E-state index contributed by atoms with van der Waals surface area (Å²) in [6, 6.07) is 0.0466. The molecule has 2 amide bonds. The first-order chi connectivity index (χ1) is 10.2. The normalized spacial score (nSPS) is 19.5. The number of fused-ring (bicyclic) bond motifs is 1.